The molecule has 1 fully saturated rings. The Kier molecular flexibility index (Phi) is 4.54. The zero-order valence-corrected chi connectivity index (χ0v) is 11.0. The van der Waals surface area contributed by atoms with Gasteiger partial charge in [-0.15, -0.1) is 0 Å². The van der Waals surface area contributed by atoms with Gasteiger partial charge in [-0.1, -0.05) is 39.5 Å². The van der Waals surface area contributed by atoms with Gasteiger partial charge in [0, 0.05) is 6.04 Å². The van der Waals surface area contributed by atoms with Gasteiger partial charge in [0.05, 0.1) is 12.6 Å². The molecule has 0 aliphatic heterocycles. The SMILES string of the molecule is CC(C)NCc1ncn(C2CCCCCC2)n1. The van der Waals surface area contributed by atoms with Gasteiger partial charge >= 0.3 is 0 Å². The first-order valence-electron chi connectivity index (χ1n) is 6.89. The minimum Gasteiger partial charge on any atom is -0.308 e. The molecule has 0 amide bonds. The topological polar surface area (TPSA) is 42.7 Å². The number of hydrogen-bond acceptors (Lipinski definition) is 3. The maximum Gasteiger partial charge on any atom is 0.164 e. The minimum absolute atomic E-state index is 0.486. The van der Waals surface area contributed by atoms with Gasteiger partial charge in [0.1, 0.15) is 6.33 Å². The molecular formula is C13H24N4. The van der Waals surface area contributed by atoms with Crippen molar-refractivity contribution in [2.75, 3.05) is 0 Å². The van der Waals surface area contributed by atoms with Crippen LogP contribution in [0.25, 0.3) is 0 Å². The Morgan fingerprint density at radius 3 is 2.65 bits per heavy atom. The fourth-order valence-corrected chi connectivity index (χ4v) is 2.39. The first kappa shape index (κ1) is 12.6. The van der Waals surface area contributed by atoms with Gasteiger partial charge < -0.3 is 5.32 Å². The highest BCUT2D eigenvalue weighted by atomic mass is 15.3. The number of rotatable bonds is 4. The van der Waals surface area contributed by atoms with Crippen LogP contribution in [-0.4, -0.2) is 20.8 Å². The summed E-state index contributed by atoms with van der Waals surface area (Å²) in [5.74, 6) is 0.919. The van der Waals surface area contributed by atoms with Crippen LogP contribution < -0.4 is 5.32 Å². The van der Waals surface area contributed by atoms with E-state index in [1.165, 1.54) is 38.5 Å². The Morgan fingerprint density at radius 2 is 2.00 bits per heavy atom. The maximum atomic E-state index is 4.59. The van der Waals surface area contributed by atoms with Crippen molar-refractivity contribution in [3.8, 4) is 0 Å². The molecule has 96 valence electrons. The van der Waals surface area contributed by atoms with E-state index in [0.29, 0.717) is 12.1 Å². The monoisotopic (exact) mass is 236 g/mol. The molecule has 0 unspecified atom stereocenters. The quantitative estimate of drug-likeness (QED) is 0.817. The van der Waals surface area contributed by atoms with Crippen LogP contribution >= 0.6 is 0 Å². The molecule has 1 aromatic heterocycles. The van der Waals surface area contributed by atoms with Crippen molar-refractivity contribution in [3.05, 3.63) is 12.2 Å². The molecule has 0 atom stereocenters. The average Bonchev–Trinajstić information content (AvgIpc) is 2.60. The smallest absolute Gasteiger partial charge is 0.164 e. The van der Waals surface area contributed by atoms with E-state index in [4.69, 9.17) is 0 Å². The Balaban J connectivity index is 1.92. The van der Waals surface area contributed by atoms with Crippen molar-refractivity contribution in [2.45, 2.75) is 71.0 Å². The highest BCUT2D eigenvalue weighted by Gasteiger charge is 2.15. The average molecular weight is 236 g/mol. The van der Waals surface area contributed by atoms with Crippen LogP contribution in [0.15, 0.2) is 6.33 Å². The lowest BCUT2D eigenvalue weighted by Crippen LogP contribution is -2.22. The van der Waals surface area contributed by atoms with Gasteiger partial charge in [-0.3, -0.25) is 0 Å². The molecule has 4 heteroatoms. The molecule has 1 aliphatic carbocycles. The third-order valence-electron chi connectivity index (χ3n) is 3.42. The summed E-state index contributed by atoms with van der Waals surface area (Å²) in [6, 6.07) is 1.07. The summed E-state index contributed by atoms with van der Waals surface area (Å²) in [5, 5.41) is 7.94. The molecule has 1 aromatic rings. The first-order valence-corrected chi connectivity index (χ1v) is 6.89. The van der Waals surface area contributed by atoms with E-state index in [-0.39, 0.29) is 0 Å². The third kappa shape index (κ3) is 3.80. The van der Waals surface area contributed by atoms with Crippen molar-refractivity contribution in [2.24, 2.45) is 0 Å². The summed E-state index contributed by atoms with van der Waals surface area (Å²) in [6.45, 7) is 5.06. The molecule has 4 nitrogen and oxygen atoms in total. The Hall–Kier alpha value is -0.900. The molecule has 17 heavy (non-hydrogen) atoms. The first-order chi connectivity index (χ1) is 8.25. The van der Waals surface area contributed by atoms with Crippen LogP contribution in [0.3, 0.4) is 0 Å². The van der Waals surface area contributed by atoms with E-state index in [2.05, 4.69) is 33.9 Å². The molecule has 0 saturated heterocycles. The van der Waals surface area contributed by atoms with Gasteiger partial charge in [-0.25, -0.2) is 9.67 Å². The lowest BCUT2D eigenvalue weighted by molar-refractivity contribution is 0.401. The molecule has 0 bridgehead atoms. The van der Waals surface area contributed by atoms with E-state index < -0.39 is 0 Å². The lowest BCUT2D eigenvalue weighted by atomic mass is 10.1. The van der Waals surface area contributed by atoms with Crippen LogP contribution in [0.5, 0.6) is 0 Å². The number of hydrogen-bond donors (Lipinski definition) is 1. The van der Waals surface area contributed by atoms with Crippen LogP contribution in [-0.2, 0) is 6.54 Å². The van der Waals surface area contributed by atoms with Crippen molar-refractivity contribution in [3.63, 3.8) is 0 Å². The van der Waals surface area contributed by atoms with Crippen molar-refractivity contribution in [1.29, 1.82) is 0 Å². The molecule has 0 spiro atoms. The maximum absolute atomic E-state index is 4.59. The lowest BCUT2D eigenvalue weighted by Gasteiger charge is -2.13. The fourth-order valence-electron chi connectivity index (χ4n) is 2.39. The normalized spacial score (nSPS) is 18.5. The molecule has 1 heterocycles. The summed E-state index contributed by atoms with van der Waals surface area (Å²) < 4.78 is 2.09. The van der Waals surface area contributed by atoms with Crippen molar-refractivity contribution >= 4 is 0 Å². The summed E-state index contributed by atoms with van der Waals surface area (Å²) in [6.07, 6.45) is 9.88. The largest absolute Gasteiger partial charge is 0.308 e. The third-order valence-corrected chi connectivity index (χ3v) is 3.42. The summed E-state index contributed by atoms with van der Waals surface area (Å²) >= 11 is 0. The van der Waals surface area contributed by atoms with Gasteiger partial charge in [0.15, 0.2) is 5.82 Å². The molecule has 1 N–H and O–H groups in total. The van der Waals surface area contributed by atoms with Gasteiger partial charge in [-0.05, 0) is 12.8 Å². The Labute approximate surface area is 104 Å². The van der Waals surface area contributed by atoms with Crippen LogP contribution in [0, 0.1) is 0 Å². The second-order valence-electron chi connectivity index (χ2n) is 5.32. The molecular weight excluding hydrogens is 212 g/mol. The Morgan fingerprint density at radius 1 is 1.29 bits per heavy atom. The summed E-state index contributed by atoms with van der Waals surface area (Å²) in [7, 11) is 0. The molecule has 0 radical (unpaired) electrons. The standard InChI is InChI=1S/C13H24N4/c1-11(2)14-9-13-15-10-17(16-13)12-7-5-3-4-6-8-12/h10-12,14H,3-9H2,1-2H3. The van der Waals surface area contributed by atoms with Crippen molar-refractivity contribution in [1.82, 2.24) is 20.1 Å². The summed E-state index contributed by atoms with van der Waals surface area (Å²) in [5.41, 5.74) is 0. The van der Waals surface area contributed by atoms with Gasteiger partial charge in [0.25, 0.3) is 0 Å². The zero-order valence-electron chi connectivity index (χ0n) is 11.0. The minimum atomic E-state index is 0.486. The van der Waals surface area contributed by atoms with Crippen LogP contribution in [0.2, 0.25) is 0 Å². The van der Waals surface area contributed by atoms with E-state index in [0.717, 1.165) is 12.4 Å². The van der Waals surface area contributed by atoms with E-state index >= 15 is 0 Å². The number of nitrogens with zero attached hydrogens (tertiary/aromatic N) is 3. The van der Waals surface area contributed by atoms with Crippen LogP contribution in [0.1, 0.15) is 64.2 Å². The Bertz CT molecular complexity index is 324. The van der Waals surface area contributed by atoms with E-state index in [1.807, 2.05) is 6.33 Å². The molecule has 2 rings (SSSR count). The highest BCUT2D eigenvalue weighted by Crippen LogP contribution is 2.26. The summed E-state index contributed by atoms with van der Waals surface area (Å²) in [4.78, 5) is 4.38. The number of nitrogens with one attached hydrogen (secondary N) is 1. The molecule has 1 aliphatic rings. The zero-order chi connectivity index (χ0) is 12.1. The molecule has 1 saturated carbocycles. The molecule has 0 aromatic carbocycles. The predicted octanol–water partition coefficient (Wildman–Crippen LogP) is 2.67. The fraction of sp³-hybridized carbons (Fsp3) is 0.846. The van der Waals surface area contributed by atoms with E-state index in [9.17, 15) is 0 Å². The van der Waals surface area contributed by atoms with Crippen molar-refractivity contribution < 1.29 is 0 Å². The van der Waals surface area contributed by atoms with Gasteiger partial charge in [0.2, 0.25) is 0 Å². The predicted molar refractivity (Wildman–Crippen MR) is 68.7 cm³/mol. The van der Waals surface area contributed by atoms with Gasteiger partial charge in [-0.2, -0.15) is 5.10 Å². The highest BCUT2D eigenvalue weighted by molar-refractivity contribution is 4.84. The number of aromatic nitrogens is 3. The second kappa shape index (κ2) is 6.15. The van der Waals surface area contributed by atoms with Crippen LogP contribution in [0.4, 0.5) is 0 Å². The second-order valence-corrected chi connectivity index (χ2v) is 5.32. The van der Waals surface area contributed by atoms with E-state index in [1.54, 1.807) is 0 Å².